The lowest BCUT2D eigenvalue weighted by Crippen LogP contribution is -1.80. The number of nitriles is 2. The van der Waals surface area contributed by atoms with Crippen LogP contribution in [0.4, 0.5) is 0 Å². The van der Waals surface area contributed by atoms with E-state index in [1.807, 2.05) is 48.5 Å². The molecule has 0 aliphatic carbocycles. The zero-order valence-electron chi connectivity index (χ0n) is 12.5. The Bertz CT molecular complexity index is 698. The highest BCUT2D eigenvalue weighted by Gasteiger charge is 1.90. The van der Waals surface area contributed by atoms with Gasteiger partial charge in [0, 0.05) is 0 Å². The van der Waals surface area contributed by atoms with Gasteiger partial charge in [-0.25, -0.2) is 0 Å². The molecule has 0 spiro atoms. The summed E-state index contributed by atoms with van der Waals surface area (Å²) in [6, 6.07) is 19.8. The summed E-state index contributed by atoms with van der Waals surface area (Å²) in [7, 11) is 0. The topological polar surface area (TPSA) is 47.6 Å². The van der Waals surface area contributed by atoms with Gasteiger partial charge in [0.25, 0.3) is 0 Å². The summed E-state index contributed by atoms with van der Waals surface area (Å²) < 4.78 is 0. The highest BCUT2D eigenvalue weighted by molar-refractivity contribution is 5.48. The molecule has 0 aromatic heterocycles. The number of benzene rings is 2. The van der Waals surface area contributed by atoms with Crippen LogP contribution < -0.4 is 0 Å². The molecule has 0 aliphatic rings. The largest absolute Gasteiger partial charge is 0.198 e. The summed E-state index contributed by atoms with van der Waals surface area (Å²) in [6.45, 7) is 7.29. The maximum atomic E-state index is 8.41. The molecule has 0 fully saturated rings. The molecule has 0 N–H and O–H groups in total. The molecule has 2 aromatic carbocycles. The third-order valence-corrected chi connectivity index (χ3v) is 2.97. The van der Waals surface area contributed by atoms with E-state index in [2.05, 4.69) is 25.3 Å². The van der Waals surface area contributed by atoms with Crippen molar-refractivity contribution in [2.75, 3.05) is 0 Å². The lowest BCUT2D eigenvalue weighted by atomic mass is 10.1. The maximum Gasteiger partial charge on any atom is 0.0669 e. The van der Waals surface area contributed by atoms with Crippen molar-refractivity contribution in [1.29, 1.82) is 10.5 Å². The van der Waals surface area contributed by atoms with Gasteiger partial charge in [-0.05, 0) is 22.3 Å². The van der Waals surface area contributed by atoms with Crippen molar-refractivity contribution in [2.45, 2.75) is 12.8 Å². The average Bonchev–Trinajstić information content (AvgIpc) is 2.57. The van der Waals surface area contributed by atoms with E-state index in [0.717, 1.165) is 22.3 Å². The molecule has 0 amide bonds. The third kappa shape index (κ3) is 5.90. The summed E-state index contributed by atoms with van der Waals surface area (Å²) in [6.07, 6.45) is 4.52. The predicted octanol–water partition coefficient (Wildman–Crippen LogP) is 4.79. The normalized spacial score (nSPS) is 8.64. The van der Waals surface area contributed by atoms with Crippen molar-refractivity contribution < 1.29 is 0 Å². The molecule has 2 rings (SSSR count). The Kier molecular flexibility index (Phi) is 7.51. The Balaban J connectivity index is 0.000000220. The molecule has 0 bridgehead atoms. The van der Waals surface area contributed by atoms with Crippen LogP contribution in [0.15, 0.2) is 61.7 Å². The van der Waals surface area contributed by atoms with Crippen molar-refractivity contribution in [2.24, 2.45) is 0 Å². The molecule has 2 nitrogen and oxygen atoms in total. The molecule has 0 saturated carbocycles. The van der Waals surface area contributed by atoms with E-state index in [-0.39, 0.29) is 0 Å². The Morgan fingerprint density at radius 3 is 1.91 bits per heavy atom. The molecule has 0 aliphatic heterocycles. The van der Waals surface area contributed by atoms with Gasteiger partial charge in [-0.1, -0.05) is 73.8 Å². The molecule has 0 atom stereocenters. The minimum Gasteiger partial charge on any atom is -0.198 e. The molecule has 108 valence electrons. The summed E-state index contributed by atoms with van der Waals surface area (Å²) in [5.41, 5.74) is 4.26. The van der Waals surface area contributed by atoms with Gasteiger partial charge in [0.1, 0.15) is 0 Å². The average molecular weight is 286 g/mol. The van der Waals surface area contributed by atoms with Crippen molar-refractivity contribution in [3.63, 3.8) is 0 Å². The van der Waals surface area contributed by atoms with Gasteiger partial charge in [-0.2, -0.15) is 10.5 Å². The van der Waals surface area contributed by atoms with Crippen LogP contribution in [-0.2, 0) is 12.8 Å². The molecule has 0 saturated heterocycles. The monoisotopic (exact) mass is 286 g/mol. The van der Waals surface area contributed by atoms with Gasteiger partial charge in [0.05, 0.1) is 25.0 Å². The van der Waals surface area contributed by atoms with Gasteiger partial charge in [-0.15, -0.1) is 0 Å². The number of hydrogen-bond donors (Lipinski definition) is 0. The third-order valence-electron chi connectivity index (χ3n) is 2.97. The van der Waals surface area contributed by atoms with E-state index in [4.69, 9.17) is 10.5 Å². The number of rotatable bonds is 4. The van der Waals surface area contributed by atoms with Crippen LogP contribution in [-0.4, -0.2) is 0 Å². The van der Waals surface area contributed by atoms with Crippen LogP contribution in [0.5, 0.6) is 0 Å². The first kappa shape index (κ1) is 17.0. The Labute approximate surface area is 132 Å². The van der Waals surface area contributed by atoms with Gasteiger partial charge >= 0.3 is 0 Å². The summed E-state index contributed by atoms with van der Waals surface area (Å²) in [4.78, 5) is 0. The fraction of sp³-hybridized carbons (Fsp3) is 0.100. The second-order valence-corrected chi connectivity index (χ2v) is 4.56. The van der Waals surface area contributed by atoms with Gasteiger partial charge in [0.15, 0.2) is 0 Å². The van der Waals surface area contributed by atoms with Crippen molar-refractivity contribution in [3.8, 4) is 12.1 Å². The van der Waals surface area contributed by atoms with Crippen LogP contribution in [0.25, 0.3) is 12.2 Å². The number of nitrogens with zero attached hydrogens (tertiary/aromatic N) is 2. The Hall–Kier alpha value is -3.10. The number of hydrogen-bond acceptors (Lipinski definition) is 2. The first-order chi connectivity index (χ1) is 10.7. The SMILES string of the molecule is C=Cc1ccc(CC#N)cc1.C=Cc1cccc(CC#N)c1. The van der Waals surface area contributed by atoms with Crippen LogP contribution in [0, 0.1) is 22.7 Å². The second-order valence-electron chi connectivity index (χ2n) is 4.56. The first-order valence-electron chi connectivity index (χ1n) is 6.90. The molecule has 0 heterocycles. The Morgan fingerprint density at radius 1 is 0.773 bits per heavy atom. The summed E-state index contributed by atoms with van der Waals surface area (Å²) in [5.74, 6) is 0. The zero-order chi connectivity index (χ0) is 16.2. The molecule has 2 aromatic rings. The second kappa shape index (κ2) is 9.75. The van der Waals surface area contributed by atoms with E-state index in [1.54, 1.807) is 12.2 Å². The summed E-state index contributed by atoms with van der Waals surface area (Å²) in [5, 5.41) is 16.8. The minimum absolute atomic E-state index is 0.474. The zero-order valence-corrected chi connectivity index (χ0v) is 12.5. The highest BCUT2D eigenvalue weighted by Crippen LogP contribution is 2.06. The van der Waals surface area contributed by atoms with E-state index >= 15 is 0 Å². The summed E-state index contributed by atoms with van der Waals surface area (Å²) >= 11 is 0. The van der Waals surface area contributed by atoms with E-state index in [1.165, 1.54) is 0 Å². The lowest BCUT2D eigenvalue weighted by Gasteiger charge is -1.95. The quantitative estimate of drug-likeness (QED) is 0.811. The maximum absolute atomic E-state index is 8.41. The van der Waals surface area contributed by atoms with Crippen molar-refractivity contribution in [1.82, 2.24) is 0 Å². The molecule has 2 heteroatoms. The van der Waals surface area contributed by atoms with Gasteiger partial charge < -0.3 is 0 Å². The van der Waals surface area contributed by atoms with Gasteiger partial charge in [0.2, 0.25) is 0 Å². The fourth-order valence-electron chi connectivity index (χ4n) is 1.78. The van der Waals surface area contributed by atoms with Crippen LogP contribution in [0.3, 0.4) is 0 Å². The minimum atomic E-state index is 0.474. The molecular formula is C20H18N2. The van der Waals surface area contributed by atoms with Crippen molar-refractivity contribution in [3.05, 3.63) is 83.9 Å². The van der Waals surface area contributed by atoms with Crippen LogP contribution in [0.2, 0.25) is 0 Å². The lowest BCUT2D eigenvalue weighted by molar-refractivity contribution is 1.26. The highest BCUT2D eigenvalue weighted by atomic mass is 14.2. The first-order valence-corrected chi connectivity index (χ1v) is 6.90. The molecule has 0 unspecified atom stereocenters. The van der Waals surface area contributed by atoms with Crippen LogP contribution in [0.1, 0.15) is 22.3 Å². The Morgan fingerprint density at radius 2 is 1.36 bits per heavy atom. The molecule has 22 heavy (non-hydrogen) atoms. The predicted molar refractivity (Wildman–Crippen MR) is 91.7 cm³/mol. The van der Waals surface area contributed by atoms with Gasteiger partial charge in [-0.3, -0.25) is 0 Å². The van der Waals surface area contributed by atoms with Crippen molar-refractivity contribution >= 4 is 12.2 Å². The fourth-order valence-corrected chi connectivity index (χ4v) is 1.78. The molecule has 0 radical (unpaired) electrons. The van der Waals surface area contributed by atoms with E-state index in [9.17, 15) is 0 Å². The van der Waals surface area contributed by atoms with E-state index < -0.39 is 0 Å². The molecular weight excluding hydrogens is 268 g/mol. The van der Waals surface area contributed by atoms with Crippen LogP contribution >= 0.6 is 0 Å². The standard InChI is InChI=1S/2C10H9N/c1-2-9-3-5-10(6-4-9)7-8-11;1-2-9-4-3-5-10(8-9)6-7-11/h2-6H,1,7H2;2-5,8H,1,6H2. The smallest absolute Gasteiger partial charge is 0.0669 e. The van der Waals surface area contributed by atoms with E-state index in [0.29, 0.717) is 12.8 Å².